The molecule has 4 atom stereocenters. The quantitative estimate of drug-likeness (QED) is 0.912. The van der Waals surface area contributed by atoms with Gasteiger partial charge in [0.1, 0.15) is 5.82 Å². The molecule has 2 N–H and O–H groups in total. The van der Waals surface area contributed by atoms with Gasteiger partial charge in [-0.2, -0.15) is 0 Å². The molecule has 3 fully saturated rings. The van der Waals surface area contributed by atoms with Crippen LogP contribution in [-0.2, 0) is 0 Å². The van der Waals surface area contributed by atoms with Crippen molar-refractivity contribution in [3.8, 4) is 11.1 Å². The number of nitrogens with two attached hydrogens (primary N) is 1. The van der Waals surface area contributed by atoms with E-state index in [1.807, 2.05) is 0 Å². The Morgan fingerprint density at radius 1 is 1.10 bits per heavy atom. The topological polar surface area (TPSA) is 52.0 Å². The lowest BCUT2D eigenvalue weighted by molar-refractivity contribution is 0.417. The third kappa shape index (κ3) is 1.50. The average molecular weight is 284 g/mol. The molecular formula is C17H17FN2O. The minimum atomic E-state index is -0.239. The molecule has 3 saturated carbocycles. The molecule has 1 aromatic carbocycles. The molecule has 21 heavy (non-hydrogen) atoms. The first-order chi connectivity index (χ1) is 10.2. The van der Waals surface area contributed by atoms with Gasteiger partial charge in [0.2, 0.25) is 5.88 Å². The van der Waals surface area contributed by atoms with Crippen LogP contribution in [0.25, 0.3) is 11.1 Å². The van der Waals surface area contributed by atoms with E-state index >= 15 is 0 Å². The molecular weight excluding hydrogens is 267 g/mol. The van der Waals surface area contributed by atoms with Gasteiger partial charge in [-0.05, 0) is 60.6 Å². The predicted octanol–water partition coefficient (Wildman–Crippen LogP) is 3.82. The Labute approximate surface area is 122 Å². The van der Waals surface area contributed by atoms with Gasteiger partial charge in [0, 0.05) is 5.92 Å². The summed E-state index contributed by atoms with van der Waals surface area (Å²) in [5.41, 5.74) is 8.78. The molecule has 108 valence electrons. The number of benzene rings is 1. The minimum absolute atomic E-state index is 0.239. The summed E-state index contributed by atoms with van der Waals surface area (Å²) in [6.07, 6.45) is 4.16. The summed E-state index contributed by atoms with van der Waals surface area (Å²) in [6, 6.07) is 6.44. The summed E-state index contributed by atoms with van der Waals surface area (Å²) in [4.78, 5) is 0. The van der Waals surface area contributed by atoms with Gasteiger partial charge in [-0.3, -0.25) is 0 Å². The van der Waals surface area contributed by atoms with Crippen molar-refractivity contribution in [1.82, 2.24) is 5.16 Å². The molecule has 4 unspecified atom stereocenters. The lowest BCUT2D eigenvalue weighted by atomic mass is 9.96. The van der Waals surface area contributed by atoms with Crippen LogP contribution >= 0.6 is 0 Å². The van der Waals surface area contributed by atoms with Gasteiger partial charge in [0.25, 0.3) is 0 Å². The van der Waals surface area contributed by atoms with Crippen LogP contribution < -0.4 is 5.73 Å². The van der Waals surface area contributed by atoms with E-state index in [1.165, 1.54) is 31.4 Å². The van der Waals surface area contributed by atoms with Gasteiger partial charge >= 0.3 is 0 Å². The Hall–Kier alpha value is -1.84. The van der Waals surface area contributed by atoms with Crippen molar-refractivity contribution < 1.29 is 8.91 Å². The van der Waals surface area contributed by atoms with Gasteiger partial charge < -0.3 is 10.3 Å². The van der Waals surface area contributed by atoms with Crippen molar-refractivity contribution in [3.05, 3.63) is 35.8 Å². The molecule has 2 bridgehead atoms. The lowest BCUT2D eigenvalue weighted by Crippen LogP contribution is -1.99. The van der Waals surface area contributed by atoms with Gasteiger partial charge in [-0.1, -0.05) is 17.3 Å². The molecule has 2 aromatic rings. The SMILES string of the molecule is Nc1onc(C2C3C4CCC(C4)C23)c1-c1ccc(F)cc1. The van der Waals surface area contributed by atoms with Crippen molar-refractivity contribution in [2.45, 2.75) is 25.2 Å². The fourth-order valence-corrected chi connectivity index (χ4v) is 5.14. The molecule has 3 aliphatic carbocycles. The molecule has 0 saturated heterocycles. The largest absolute Gasteiger partial charge is 0.367 e. The number of anilines is 1. The second-order valence-corrected chi connectivity index (χ2v) is 6.83. The Morgan fingerprint density at radius 3 is 2.43 bits per heavy atom. The highest BCUT2D eigenvalue weighted by Crippen LogP contribution is 2.73. The molecule has 3 nitrogen and oxygen atoms in total. The first-order valence-corrected chi connectivity index (χ1v) is 7.75. The van der Waals surface area contributed by atoms with Crippen molar-refractivity contribution in [2.24, 2.45) is 23.7 Å². The zero-order valence-electron chi connectivity index (χ0n) is 11.6. The van der Waals surface area contributed by atoms with E-state index in [0.29, 0.717) is 11.8 Å². The van der Waals surface area contributed by atoms with Gasteiger partial charge in [-0.15, -0.1) is 0 Å². The van der Waals surface area contributed by atoms with E-state index in [9.17, 15) is 4.39 Å². The minimum Gasteiger partial charge on any atom is -0.367 e. The molecule has 1 heterocycles. The number of rotatable bonds is 2. The van der Waals surface area contributed by atoms with Crippen LogP contribution in [0, 0.1) is 29.5 Å². The first-order valence-electron chi connectivity index (χ1n) is 7.75. The summed E-state index contributed by atoms with van der Waals surface area (Å²) in [6.45, 7) is 0. The molecule has 0 amide bonds. The summed E-state index contributed by atoms with van der Waals surface area (Å²) in [7, 11) is 0. The molecule has 1 aromatic heterocycles. The van der Waals surface area contributed by atoms with Crippen LogP contribution in [0.1, 0.15) is 30.9 Å². The van der Waals surface area contributed by atoms with Crippen molar-refractivity contribution in [3.63, 3.8) is 0 Å². The summed E-state index contributed by atoms with van der Waals surface area (Å²) in [5, 5.41) is 4.26. The van der Waals surface area contributed by atoms with Crippen LogP contribution in [0.2, 0.25) is 0 Å². The van der Waals surface area contributed by atoms with Crippen LogP contribution in [0.15, 0.2) is 28.8 Å². The first kappa shape index (κ1) is 11.8. The van der Waals surface area contributed by atoms with E-state index in [4.69, 9.17) is 10.3 Å². The Morgan fingerprint density at radius 2 is 1.76 bits per heavy atom. The second kappa shape index (κ2) is 3.87. The van der Waals surface area contributed by atoms with E-state index < -0.39 is 0 Å². The standard InChI is InChI=1S/C17H17FN2O/c18-11-5-3-8(4-6-11)14-16(20-21-17(14)19)15-12-9-1-2-10(7-9)13(12)15/h3-6,9-10,12-13,15H,1-2,7,19H2. The van der Waals surface area contributed by atoms with Crippen molar-refractivity contribution >= 4 is 5.88 Å². The molecule has 0 spiro atoms. The number of hydrogen-bond acceptors (Lipinski definition) is 3. The zero-order chi connectivity index (χ0) is 14.1. The predicted molar refractivity (Wildman–Crippen MR) is 76.9 cm³/mol. The van der Waals surface area contributed by atoms with Gasteiger partial charge in [0.15, 0.2) is 0 Å². The zero-order valence-corrected chi connectivity index (χ0v) is 11.6. The van der Waals surface area contributed by atoms with Crippen LogP contribution in [0.4, 0.5) is 10.3 Å². The van der Waals surface area contributed by atoms with Crippen molar-refractivity contribution in [1.29, 1.82) is 0 Å². The molecule has 0 aliphatic heterocycles. The number of nitrogens with zero attached hydrogens (tertiary/aromatic N) is 1. The monoisotopic (exact) mass is 284 g/mol. The number of nitrogen functional groups attached to an aromatic ring is 1. The van der Waals surface area contributed by atoms with E-state index in [1.54, 1.807) is 12.1 Å². The van der Waals surface area contributed by atoms with Crippen LogP contribution in [-0.4, -0.2) is 5.16 Å². The summed E-state index contributed by atoms with van der Waals surface area (Å²) < 4.78 is 18.4. The van der Waals surface area contributed by atoms with E-state index in [-0.39, 0.29) is 5.82 Å². The highest BCUT2D eigenvalue weighted by molar-refractivity contribution is 5.76. The number of aromatic nitrogens is 1. The molecule has 0 radical (unpaired) electrons. The fraction of sp³-hybridized carbons (Fsp3) is 0.471. The number of halogens is 1. The number of hydrogen-bond donors (Lipinski definition) is 1. The van der Waals surface area contributed by atoms with Crippen molar-refractivity contribution in [2.75, 3.05) is 5.73 Å². The van der Waals surface area contributed by atoms with Crippen LogP contribution in [0.5, 0.6) is 0 Å². The number of fused-ring (bicyclic) bond motifs is 5. The Balaban J connectivity index is 1.56. The van der Waals surface area contributed by atoms with Gasteiger partial charge in [0.05, 0.1) is 11.3 Å². The summed E-state index contributed by atoms with van der Waals surface area (Å²) >= 11 is 0. The second-order valence-electron chi connectivity index (χ2n) is 6.83. The highest BCUT2D eigenvalue weighted by Gasteiger charge is 2.66. The molecule has 3 aliphatic rings. The maximum atomic E-state index is 13.1. The van der Waals surface area contributed by atoms with Crippen LogP contribution in [0.3, 0.4) is 0 Å². The maximum absolute atomic E-state index is 13.1. The Bertz CT molecular complexity index is 692. The third-order valence-corrected chi connectivity index (χ3v) is 5.93. The lowest BCUT2D eigenvalue weighted by Gasteiger charge is -2.08. The van der Waals surface area contributed by atoms with Gasteiger partial charge in [-0.25, -0.2) is 4.39 Å². The maximum Gasteiger partial charge on any atom is 0.230 e. The fourth-order valence-electron chi connectivity index (χ4n) is 5.14. The average Bonchev–Trinajstić information content (AvgIpc) is 2.81. The summed E-state index contributed by atoms with van der Waals surface area (Å²) in [5.74, 6) is 3.95. The van der Waals surface area contributed by atoms with E-state index in [2.05, 4.69) is 5.16 Å². The Kier molecular flexibility index (Phi) is 2.17. The highest BCUT2D eigenvalue weighted by atomic mass is 19.1. The smallest absolute Gasteiger partial charge is 0.230 e. The van der Waals surface area contributed by atoms with E-state index in [0.717, 1.165) is 40.5 Å². The normalized spacial score (nSPS) is 36.0. The molecule has 4 heteroatoms. The molecule has 5 rings (SSSR count). The third-order valence-electron chi connectivity index (χ3n) is 5.93.